The summed E-state index contributed by atoms with van der Waals surface area (Å²) in [5.74, 6) is 0.311. The fourth-order valence-electron chi connectivity index (χ4n) is 3.14. The van der Waals surface area contributed by atoms with E-state index in [0.717, 1.165) is 36.1 Å². The number of methoxy groups -OCH3 is 1. The van der Waals surface area contributed by atoms with Gasteiger partial charge >= 0.3 is 6.03 Å². The van der Waals surface area contributed by atoms with Crippen molar-refractivity contribution in [2.75, 3.05) is 7.11 Å². The van der Waals surface area contributed by atoms with Gasteiger partial charge in [-0.15, -0.1) is 0 Å². The lowest BCUT2D eigenvalue weighted by molar-refractivity contribution is -0.118. The first-order valence-corrected chi connectivity index (χ1v) is 7.75. The fraction of sp³-hybridized carbons (Fsp3) is 0.294. The monoisotopic (exact) mass is 328 g/mol. The zero-order chi connectivity index (χ0) is 17.3. The molecule has 3 rings (SSSR count). The largest absolute Gasteiger partial charge is 0.496 e. The molecule has 1 heterocycles. The molecule has 1 aromatic rings. The van der Waals surface area contributed by atoms with Gasteiger partial charge in [-0.25, -0.2) is 4.79 Å². The van der Waals surface area contributed by atoms with E-state index in [4.69, 9.17) is 10.5 Å². The van der Waals surface area contributed by atoms with Gasteiger partial charge in [0, 0.05) is 5.56 Å². The zero-order valence-electron chi connectivity index (χ0n) is 13.4. The van der Waals surface area contributed by atoms with Crippen LogP contribution in [-0.2, 0) is 11.2 Å². The van der Waals surface area contributed by atoms with E-state index >= 15 is 0 Å². The average Bonchev–Trinajstić information content (AvgIpc) is 2.57. The molecular formula is C17H20N4O3. The van der Waals surface area contributed by atoms with E-state index in [-0.39, 0.29) is 23.1 Å². The second kappa shape index (κ2) is 6.27. The molecule has 126 valence electrons. The van der Waals surface area contributed by atoms with Crippen LogP contribution in [-0.4, -0.2) is 19.0 Å². The molecule has 1 atom stereocenters. The van der Waals surface area contributed by atoms with Crippen molar-refractivity contribution in [3.63, 3.8) is 0 Å². The number of ether oxygens (including phenoxy) is 1. The molecule has 7 heteroatoms. The van der Waals surface area contributed by atoms with Crippen molar-refractivity contribution in [3.8, 4) is 5.75 Å². The van der Waals surface area contributed by atoms with Crippen LogP contribution in [0.3, 0.4) is 0 Å². The Kier molecular flexibility index (Phi) is 4.16. The third-order valence-electron chi connectivity index (χ3n) is 4.29. The van der Waals surface area contributed by atoms with Gasteiger partial charge in [0.25, 0.3) is 5.91 Å². The maximum atomic E-state index is 12.6. The SMILES string of the molecule is C=C1NC(=O)NC(C(=O)NC2CCCc3cccc(OC)c32)=C1N. The summed E-state index contributed by atoms with van der Waals surface area (Å²) >= 11 is 0. The van der Waals surface area contributed by atoms with Crippen LogP contribution in [0.4, 0.5) is 4.79 Å². The number of nitrogens with one attached hydrogen (secondary N) is 3. The van der Waals surface area contributed by atoms with Crippen LogP contribution >= 0.6 is 0 Å². The Morgan fingerprint density at radius 2 is 2.21 bits per heavy atom. The quantitative estimate of drug-likeness (QED) is 0.669. The normalized spacial score (nSPS) is 20.0. The van der Waals surface area contributed by atoms with E-state index in [9.17, 15) is 9.59 Å². The van der Waals surface area contributed by atoms with E-state index in [2.05, 4.69) is 22.5 Å². The van der Waals surface area contributed by atoms with Crippen molar-refractivity contribution in [1.29, 1.82) is 0 Å². The van der Waals surface area contributed by atoms with Gasteiger partial charge in [0.1, 0.15) is 11.4 Å². The molecule has 2 aliphatic rings. The maximum absolute atomic E-state index is 12.6. The highest BCUT2D eigenvalue weighted by molar-refractivity contribution is 6.00. The van der Waals surface area contributed by atoms with Gasteiger partial charge in [0.05, 0.1) is 24.5 Å². The van der Waals surface area contributed by atoms with Gasteiger partial charge in [0.15, 0.2) is 0 Å². The van der Waals surface area contributed by atoms with Gasteiger partial charge < -0.3 is 26.4 Å². The third kappa shape index (κ3) is 2.80. The van der Waals surface area contributed by atoms with Crippen molar-refractivity contribution in [3.05, 3.63) is 53.0 Å². The highest BCUT2D eigenvalue weighted by Crippen LogP contribution is 2.36. The van der Waals surface area contributed by atoms with Crippen molar-refractivity contribution < 1.29 is 14.3 Å². The van der Waals surface area contributed by atoms with Crippen LogP contribution in [0, 0.1) is 0 Å². The van der Waals surface area contributed by atoms with Crippen LogP contribution in [0.25, 0.3) is 0 Å². The van der Waals surface area contributed by atoms with Crippen LogP contribution in [0.5, 0.6) is 5.75 Å². The Morgan fingerprint density at radius 3 is 2.96 bits per heavy atom. The summed E-state index contributed by atoms with van der Waals surface area (Å²) < 4.78 is 5.44. The summed E-state index contributed by atoms with van der Waals surface area (Å²) in [6.45, 7) is 3.63. The molecule has 0 radical (unpaired) electrons. The van der Waals surface area contributed by atoms with Crippen molar-refractivity contribution in [2.45, 2.75) is 25.3 Å². The van der Waals surface area contributed by atoms with Crippen molar-refractivity contribution in [2.24, 2.45) is 5.73 Å². The molecule has 0 aromatic heterocycles. The summed E-state index contributed by atoms with van der Waals surface area (Å²) in [5.41, 5.74) is 8.36. The van der Waals surface area contributed by atoms with Gasteiger partial charge in [-0.05, 0) is 30.9 Å². The minimum absolute atomic E-state index is 0.0192. The third-order valence-corrected chi connectivity index (χ3v) is 4.29. The lowest BCUT2D eigenvalue weighted by atomic mass is 9.87. The maximum Gasteiger partial charge on any atom is 0.323 e. The molecule has 7 nitrogen and oxygen atoms in total. The lowest BCUT2D eigenvalue weighted by Gasteiger charge is -2.29. The van der Waals surface area contributed by atoms with Crippen LogP contribution in [0.15, 0.2) is 41.9 Å². The summed E-state index contributed by atoms with van der Waals surface area (Å²) in [5, 5.41) is 7.81. The van der Waals surface area contributed by atoms with Gasteiger partial charge in [-0.2, -0.15) is 0 Å². The molecule has 0 spiro atoms. The summed E-state index contributed by atoms with van der Waals surface area (Å²) in [6.07, 6.45) is 2.70. The molecule has 0 bridgehead atoms. The second-order valence-electron chi connectivity index (χ2n) is 5.80. The van der Waals surface area contributed by atoms with Crippen molar-refractivity contribution in [1.82, 2.24) is 16.0 Å². The molecule has 1 aliphatic carbocycles. The van der Waals surface area contributed by atoms with E-state index in [1.165, 1.54) is 0 Å². The van der Waals surface area contributed by atoms with Gasteiger partial charge in [-0.3, -0.25) is 4.79 Å². The Balaban J connectivity index is 1.88. The Morgan fingerprint density at radius 1 is 1.42 bits per heavy atom. The first-order valence-electron chi connectivity index (χ1n) is 7.75. The standard InChI is InChI=1S/C17H20N4O3/c1-9-14(18)15(21-17(23)19-9)16(22)20-11-7-3-5-10-6-4-8-12(24-2)13(10)11/h4,6,8,11H,1,3,5,7,18H2,2H3,(H,20,22)(H2,19,21,23). The molecule has 0 saturated heterocycles. The van der Waals surface area contributed by atoms with E-state index in [0.29, 0.717) is 0 Å². The number of hydrogen-bond acceptors (Lipinski definition) is 4. The molecule has 0 saturated carbocycles. The topological polar surface area (TPSA) is 105 Å². The molecule has 0 fully saturated rings. The predicted octanol–water partition coefficient (Wildman–Crippen LogP) is 1.19. The number of benzene rings is 1. The molecule has 24 heavy (non-hydrogen) atoms. The van der Waals surface area contributed by atoms with Gasteiger partial charge in [-0.1, -0.05) is 18.7 Å². The highest BCUT2D eigenvalue weighted by Gasteiger charge is 2.29. The van der Waals surface area contributed by atoms with Crippen LogP contribution in [0.1, 0.15) is 30.0 Å². The number of nitrogens with two attached hydrogens (primary N) is 1. The molecule has 1 unspecified atom stereocenters. The fourth-order valence-corrected chi connectivity index (χ4v) is 3.14. The molecule has 3 amide bonds. The van der Waals surface area contributed by atoms with E-state index < -0.39 is 11.9 Å². The van der Waals surface area contributed by atoms with Crippen molar-refractivity contribution >= 4 is 11.9 Å². The molecular weight excluding hydrogens is 308 g/mol. The highest BCUT2D eigenvalue weighted by atomic mass is 16.5. The number of aryl methyl sites for hydroxylation is 1. The summed E-state index contributed by atoms with van der Waals surface area (Å²) in [6, 6.07) is 5.14. The Bertz CT molecular complexity index is 740. The lowest BCUT2D eigenvalue weighted by Crippen LogP contribution is -2.47. The number of carbonyl (C=O) groups is 2. The Labute approximate surface area is 139 Å². The molecule has 1 aliphatic heterocycles. The first-order chi connectivity index (χ1) is 11.5. The number of rotatable bonds is 3. The summed E-state index contributed by atoms with van der Waals surface area (Å²) in [7, 11) is 1.61. The van der Waals surface area contributed by atoms with Crippen LogP contribution < -0.4 is 26.4 Å². The number of amides is 3. The zero-order valence-corrected chi connectivity index (χ0v) is 13.4. The minimum Gasteiger partial charge on any atom is -0.496 e. The second-order valence-corrected chi connectivity index (χ2v) is 5.80. The van der Waals surface area contributed by atoms with E-state index in [1.807, 2.05) is 18.2 Å². The smallest absolute Gasteiger partial charge is 0.323 e. The summed E-state index contributed by atoms with van der Waals surface area (Å²) in [4.78, 5) is 24.2. The minimum atomic E-state index is -0.527. The van der Waals surface area contributed by atoms with E-state index in [1.54, 1.807) is 7.11 Å². The number of fused-ring (bicyclic) bond motifs is 1. The average molecular weight is 328 g/mol. The first kappa shape index (κ1) is 15.9. The molecule has 5 N–H and O–H groups in total. The van der Waals surface area contributed by atoms with Crippen LogP contribution in [0.2, 0.25) is 0 Å². The predicted molar refractivity (Wildman–Crippen MR) is 88.8 cm³/mol. The molecule has 1 aromatic carbocycles. The number of urea groups is 1. The number of carbonyl (C=O) groups excluding carboxylic acids is 2. The van der Waals surface area contributed by atoms with Gasteiger partial charge in [0.2, 0.25) is 0 Å². The number of hydrogen-bond donors (Lipinski definition) is 4. The Hall–Kier alpha value is -2.96.